The zero-order valence-electron chi connectivity index (χ0n) is 21.0. The van der Waals surface area contributed by atoms with E-state index in [0.29, 0.717) is 18.1 Å². The molecule has 194 valence electrons. The highest BCUT2D eigenvalue weighted by Crippen LogP contribution is 2.29. The molecule has 9 heteroatoms. The van der Waals surface area contributed by atoms with E-state index in [-0.39, 0.29) is 5.91 Å². The third-order valence-electron chi connectivity index (χ3n) is 6.67. The van der Waals surface area contributed by atoms with Gasteiger partial charge in [-0.25, -0.2) is 9.97 Å². The van der Waals surface area contributed by atoms with Crippen molar-refractivity contribution in [3.05, 3.63) is 76.4 Å². The normalized spacial score (nSPS) is 15.6. The van der Waals surface area contributed by atoms with E-state index in [1.165, 1.54) is 12.8 Å². The van der Waals surface area contributed by atoms with Crippen molar-refractivity contribution in [1.29, 1.82) is 0 Å². The highest BCUT2D eigenvalue weighted by molar-refractivity contribution is 7.98. The predicted octanol–water partition coefficient (Wildman–Crippen LogP) is 5.04. The number of nitrogens with zero attached hydrogens (tertiary/aromatic N) is 4. The number of amides is 1. The van der Waals surface area contributed by atoms with Crippen LogP contribution in [0.15, 0.2) is 59.8 Å². The van der Waals surface area contributed by atoms with Crippen LogP contribution in [0.25, 0.3) is 0 Å². The monoisotopic (exact) mass is 537 g/mol. The molecule has 1 aliphatic carbocycles. The highest BCUT2D eigenvalue weighted by Gasteiger charge is 2.22. The summed E-state index contributed by atoms with van der Waals surface area (Å²) in [7, 11) is 1.68. The van der Waals surface area contributed by atoms with Crippen LogP contribution in [-0.4, -0.2) is 55.7 Å². The fraction of sp³-hybridized carbons (Fsp3) is 0.393. The maximum Gasteiger partial charge on any atom is 0.251 e. The van der Waals surface area contributed by atoms with Crippen LogP contribution in [0, 0.1) is 5.92 Å². The molecule has 1 aromatic heterocycles. The zero-order chi connectivity index (χ0) is 25.6. The van der Waals surface area contributed by atoms with E-state index in [1.807, 2.05) is 48.5 Å². The van der Waals surface area contributed by atoms with Gasteiger partial charge in [0.05, 0.1) is 23.0 Å². The van der Waals surface area contributed by atoms with E-state index < -0.39 is 0 Å². The van der Waals surface area contributed by atoms with E-state index in [4.69, 9.17) is 26.3 Å². The van der Waals surface area contributed by atoms with Crippen LogP contribution in [0.3, 0.4) is 0 Å². The van der Waals surface area contributed by atoms with Crippen LogP contribution in [0.4, 0.5) is 11.5 Å². The second-order valence-electron chi connectivity index (χ2n) is 9.50. The Morgan fingerprint density at radius 2 is 1.78 bits per heavy atom. The number of thioether (sulfide) groups is 1. The molecule has 5 rings (SSSR count). The summed E-state index contributed by atoms with van der Waals surface area (Å²) in [6, 6.07) is 17.8. The Morgan fingerprint density at radius 1 is 1.05 bits per heavy atom. The lowest BCUT2D eigenvalue weighted by Crippen LogP contribution is -2.47. The Balaban J connectivity index is 1.21. The maximum atomic E-state index is 12.3. The molecule has 7 nitrogen and oxygen atoms in total. The Bertz CT molecular complexity index is 1210. The van der Waals surface area contributed by atoms with Crippen LogP contribution < -0.4 is 15.1 Å². The summed E-state index contributed by atoms with van der Waals surface area (Å²) in [6.07, 6.45) is 2.45. The minimum atomic E-state index is 0.000905. The summed E-state index contributed by atoms with van der Waals surface area (Å²) in [6.45, 7) is 4.66. The third kappa shape index (κ3) is 6.94. The van der Waals surface area contributed by atoms with Gasteiger partial charge in [0.15, 0.2) is 5.16 Å². The van der Waals surface area contributed by atoms with Gasteiger partial charge in [0.2, 0.25) is 0 Å². The molecule has 2 fully saturated rings. The summed E-state index contributed by atoms with van der Waals surface area (Å²) in [5, 5.41) is 4.53. The second kappa shape index (κ2) is 12.2. The van der Waals surface area contributed by atoms with Gasteiger partial charge in [-0.3, -0.25) is 4.79 Å². The number of piperazine rings is 1. The van der Waals surface area contributed by atoms with Gasteiger partial charge in [0.25, 0.3) is 5.91 Å². The number of hydrogen-bond donors (Lipinski definition) is 1. The molecule has 2 aromatic carbocycles. The van der Waals surface area contributed by atoms with Gasteiger partial charge in [0.1, 0.15) is 5.82 Å². The standard InChI is InChI=1S/C28H32ClN5O2S/c1-36-18-23-16-26(34-14-12-33(13-15-34)25-5-3-2-4-24(25)29)32-28(31-23)37-19-21-8-10-22(11-9-21)27(35)30-17-20-6-7-20/h2-5,8-11,16,20H,6-7,12-15,17-19H2,1H3,(H,30,35). The molecule has 0 unspecified atom stereocenters. The summed E-state index contributed by atoms with van der Waals surface area (Å²) in [5.41, 5.74) is 3.77. The number of rotatable bonds is 10. The molecular formula is C28H32ClN5O2S. The smallest absolute Gasteiger partial charge is 0.251 e. The van der Waals surface area contributed by atoms with E-state index in [1.54, 1.807) is 18.9 Å². The number of methoxy groups -OCH3 is 1. The minimum Gasteiger partial charge on any atom is -0.378 e. The second-order valence-corrected chi connectivity index (χ2v) is 10.8. The van der Waals surface area contributed by atoms with Gasteiger partial charge in [-0.15, -0.1) is 0 Å². The van der Waals surface area contributed by atoms with Crippen molar-refractivity contribution in [2.45, 2.75) is 30.4 Å². The number of para-hydroxylation sites is 1. The molecule has 1 saturated carbocycles. The lowest BCUT2D eigenvalue weighted by Gasteiger charge is -2.37. The lowest BCUT2D eigenvalue weighted by atomic mass is 10.1. The van der Waals surface area contributed by atoms with E-state index in [9.17, 15) is 4.79 Å². The average Bonchev–Trinajstić information content (AvgIpc) is 3.76. The number of carbonyl (C=O) groups is 1. The topological polar surface area (TPSA) is 70.6 Å². The molecule has 1 aliphatic heterocycles. The number of nitrogens with one attached hydrogen (secondary N) is 1. The largest absolute Gasteiger partial charge is 0.378 e. The first-order valence-electron chi connectivity index (χ1n) is 12.7. The lowest BCUT2D eigenvalue weighted by molar-refractivity contribution is 0.0952. The first-order valence-corrected chi connectivity index (χ1v) is 14.1. The minimum absolute atomic E-state index is 0.000905. The third-order valence-corrected chi connectivity index (χ3v) is 7.90. The summed E-state index contributed by atoms with van der Waals surface area (Å²) in [5.74, 6) is 2.32. The molecule has 0 spiro atoms. The molecule has 1 saturated heterocycles. The summed E-state index contributed by atoms with van der Waals surface area (Å²) < 4.78 is 5.37. The van der Waals surface area contributed by atoms with Crippen molar-refractivity contribution in [2.75, 3.05) is 49.6 Å². The first kappa shape index (κ1) is 25.8. The number of aromatic nitrogens is 2. The van der Waals surface area contributed by atoms with E-state index in [0.717, 1.165) is 71.4 Å². The Labute approximate surface area is 227 Å². The molecule has 37 heavy (non-hydrogen) atoms. The average molecular weight is 538 g/mol. The van der Waals surface area contributed by atoms with Crippen molar-refractivity contribution >= 4 is 40.8 Å². The van der Waals surface area contributed by atoms with Crippen molar-refractivity contribution < 1.29 is 9.53 Å². The van der Waals surface area contributed by atoms with Crippen LogP contribution >= 0.6 is 23.4 Å². The van der Waals surface area contributed by atoms with Gasteiger partial charge >= 0.3 is 0 Å². The van der Waals surface area contributed by atoms with Crippen LogP contribution in [0.5, 0.6) is 0 Å². The predicted molar refractivity (Wildman–Crippen MR) is 150 cm³/mol. The molecular weight excluding hydrogens is 506 g/mol. The molecule has 1 amide bonds. The molecule has 3 aromatic rings. The SMILES string of the molecule is COCc1cc(N2CCN(c3ccccc3Cl)CC2)nc(SCc2ccc(C(=O)NCC3CC3)cc2)n1. The van der Waals surface area contributed by atoms with Crippen LogP contribution in [0.1, 0.15) is 34.5 Å². The van der Waals surface area contributed by atoms with Crippen molar-refractivity contribution in [3.63, 3.8) is 0 Å². The van der Waals surface area contributed by atoms with E-state index >= 15 is 0 Å². The number of halogens is 1. The van der Waals surface area contributed by atoms with Crippen molar-refractivity contribution in [3.8, 4) is 0 Å². The van der Waals surface area contributed by atoms with Crippen LogP contribution in [-0.2, 0) is 17.1 Å². The van der Waals surface area contributed by atoms with Gasteiger partial charge in [-0.1, -0.05) is 47.6 Å². The Morgan fingerprint density at radius 3 is 2.49 bits per heavy atom. The van der Waals surface area contributed by atoms with Gasteiger partial charge in [0, 0.05) is 57.2 Å². The van der Waals surface area contributed by atoms with Gasteiger partial charge in [-0.05, 0) is 48.6 Å². The van der Waals surface area contributed by atoms with Gasteiger partial charge < -0.3 is 19.9 Å². The Kier molecular flexibility index (Phi) is 8.48. The number of ether oxygens (including phenoxy) is 1. The quantitative estimate of drug-likeness (QED) is 0.287. The van der Waals surface area contributed by atoms with Crippen LogP contribution in [0.2, 0.25) is 5.02 Å². The molecule has 0 bridgehead atoms. The summed E-state index contributed by atoms with van der Waals surface area (Å²) in [4.78, 5) is 26.5. The zero-order valence-corrected chi connectivity index (χ0v) is 22.6. The summed E-state index contributed by atoms with van der Waals surface area (Å²) >= 11 is 8.01. The number of anilines is 2. The van der Waals surface area contributed by atoms with Gasteiger partial charge in [-0.2, -0.15) is 0 Å². The maximum absolute atomic E-state index is 12.3. The number of carbonyl (C=O) groups excluding carboxylic acids is 1. The highest BCUT2D eigenvalue weighted by atomic mass is 35.5. The molecule has 2 heterocycles. The molecule has 2 aliphatic rings. The molecule has 1 N–H and O–H groups in total. The Hall–Kier alpha value is -2.81. The first-order chi connectivity index (χ1) is 18.1. The fourth-order valence-corrected chi connectivity index (χ4v) is 5.44. The van der Waals surface area contributed by atoms with E-state index in [2.05, 4.69) is 21.2 Å². The molecule has 0 atom stereocenters. The fourth-order valence-electron chi connectivity index (χ4n) is 4.35. The van der Waals surface area contributed by atoms with Crippen molar-refractivity contribution in [2.24, 2.45) is 5.92 Å². The number of benzene rings is 2. The molecule has 0 radical (unpaired) electrons. The number of hydrogen-bond acceptors (Lipinski definition) is 7. The van der Waals surface area contributed by atoms with Crippen molar-refractivity contribution in [1.82, 2.24) is 15.3 Å².